The van der Waals surface area contributed by atoms with Gasteiger partial charge in [-0.2, -0.15) is 5.10 Å². The van der Waals surface area contributed by atoms with Crippen molar-refractivity contribution in [1.82, 2.24) is 25.0 Å². The molecule has 2 amide bonds. The zero-order valence-corrected chi connectivity index (χ0v) is 21.4. The minimum atomic E-state index is -0.347. The van der Waals surface area contributed by atoms with Gasteiger partial charge >= 0.3 is 0 Å². The van der Waals surface area contributed by atoms with Gasteiger partial charge in [0.2, 0.25) is 0 Å². The molecule has 2 aliphatic rings. The predicted octanol–water partition coefficient (Wildman–Crippen LogP) is 4.18. The van der Waals surface area contributed by atoms with Crippen LogP contribution in [0.2, 0.25) is 0 Å². The number of rotatable bonds is 5. The first-order valence-electron chi connectivity index (χ1n) is 11.9. The van der Waals surface area contributed by atoms with Gasteiger partial charge in [-0.3, -0.25) is 14.3 Å². The molecule has 5 rings (SSSR count). The molecule has 35 heavy (non-hydrogen) atoms. The van der Waals surface area contributed by atoms with Gasteiger partial charge < -0.3 is 10.2 Å². The quantitative estimate of drug-likeness (QED) is 0.576. The standard InChI is InChI=1S/C26H30FN5O2S/c1-14-29-22(23(35-14)15-7-6-8-17(27)9-15)25(34)32-13-16-10-18(16)20(32)12-28-24(33)19-11-21(26(2,3)4)30-31(19)5/h6-9,11,16,18,20H,10,12-13H2,1-5H3,(H,28,33)/t16-,18-,20-/m1/s1. The molecule has 7 nitrogen and oxygen atoms in total. The Kier molecular flexibility index (Phi) is 5.78. The van der Waals surface area contributed by atoms with Gasteiger partial charge in [0.15, 0.2) is 0 Å². The first kappa shape index (κ1) is 23.7. The number of amides is 2. The molecule has 0 bridgehead atoms. The van der Waals surface area contributed by atoms with Crippen LogP contribution in [0.3, 0.4) is 0 Å². The fourth-order valence-corrected chi connectivity index (χ4v) is 5.84. The molecule has 3 heterocycles. The molecule has 1 saturated carbocycles. The lowest BCUT2D eigenvalue weighted by atomic mass is 9.92. The van der Waals surface area contributed by atoms with E-state index < -0.39 is 0 Å². The highest BCUT2D eigenvalue weighted by atomic mass is 32.1. The molecule has 1 aliphatic heterocycles. The number of piperidine rings is 1. The van der Waals surface area contributed by atoms with Gasteiger partial charge in [0.05, 0.1) is 21.6 Å². The number of halogens is 1. The molecule has 3 aromatic rings. The van der Waals surface area contributed by atoms with Gasteiger partial charge in [-0.15, -0.1) is 11.3 Å². The number of fused-ring (bicyclic) bond motifs is 1. The topological polar surface area (TPSA) is 80.1 Å². The van der Waals surface area contributed by atoms with Crippen LogP contribution >= 0.6 is 11.3 Å². The van der Waals surface area contributed by atoms with E-state index in [4.69, 9.17) is 0 Å². The van der Waals surface area contributed by atoms with Crippen molar-refractivity contribution in [2.24, 2.45) is 18.9 Å². The lowest BCUT2D eigenvalue weighted by Crippen LogP contribution is -2.46. The highest BCUT2D eigenvalue weighted by Gasteiger charge is 2.54. The summed E-state index contributed by atoms with van der Waals surface area (Å²) < 4.78 is 15.5. The summed E-state index contributed by atoms with van der Waals surface area (Å²) in [5.74, 6) is 0.142. The molecule has 2 fully saturated rings. The van der Waals surface area contributed by atoms with Crippen molar-refractivity contribution in [3.8, 4) is 10.4 Å². The van der Waals surface area contributed by atoms with E-state index in [9.17, 15) is 14.0 Å². The van der Waals surface area contributed by atoms with E-state index >= 15 is 0 Å². The molecule has 1 aliphatic carbocycles. The first-order chi connectivity index (χ1) is 16.5. The number of likely N-dealkylation sites (tertiary alicyclic amines) is 1. The molecular formula is C26H30FN5O2S. The number of thiazole rings is 1. The molecule has 0 unspecified atom stereocenters. The van der Waals surface area contributed by atoms with Crippen LogP contribution in [0.4, 0.5) is 4.39 Å². The number of hydrogen-bond acceptors (Lipinski definition) is 5. The maximum atomic E-state index is 13.9. The number of benzene rings is 1. The molecule has 3 atom stereocenters. The normalized spacial score (nSPS) is 21.2. The van der Waals surface area contributed by atoms with Gasteiger partial charge in [0.1, 0.15) is 17.2 Å². The number of aromatic nitrogens is 3. The van der Waals surface area contributed by atoms with Crippen LogP contribution in [0.1, 0.15) is 58.9 Å². The fraction of sp³-hybridized carbons (Fsp3) is 0.462. The number of nitrogens with zero attached hydrogens (tertiary/aromatic N) is 4. The Morgan fingerprint density at radius 3 is 2.71 bits per heavy atom. The van der Waals surface area contributed by atoms with Crippen molar-refractivity contribution in [1.29, 1.82) is 0 Å². The Morgan fingerprint density at radius 1 is 1.26 bits per heavy atom. The van der Waals surface area contributed by atoms with Gasteiger partial charge in [-0.25, -0.2) is 9.37 Å². The lowest BCUT2D eigenvalue weighted by molar-refractivity contribution is 0.0690. The van der Waals surface area contributed by atoms with Crippen LogP contribution in [0.15, 0.2) is 30.3 Å². The van der Waals surface area contributed by atoms with E-state index in [0.717, 1.165) is 17.1 Å². The van der Waals surface area contributed by atoms with Crippen molar-refractivity contribution in [2.75, 3.05) is 13.1 Å². The zero-order valence-electron chi connectivity index (χ0n) is 20.6. The number of aryl methyl sites for hydroxylation is 2. The number of carbonyl (C=O) groups is 2. The molecule has 184 valence electrons. The summed E-state index contributed by atoms with van der Waals surface area (Å²) in [4.78, 5) is 33.7. The van der Waals surface area contributed by atoms with E-state index in [1.54, 1.807) is 23.9 Å². The smallest absolute Gasteiger partial charge is 0.274 e. The van der Waals surface area contributed by atoms with Gasteiger partial charge in [0, 0.05) is 25.6 Å². The van der Waals surface area contributed by atoms with Crippen molar-refractivity contribution < 1.29 is 14.0 Å². The second-order valence-electron chi connectivity index (χ2n) is 10.6. The van der Waals surface area contributed by atoms with Crippen LogP contribution in [-0.2, 0) is 12.5 Å². The van der Waals surface area contributed by atoms with E-state index in [1.165, 1.54) is 23.5 Å². The van der Waals surface area contributed by atoms with E-state index in [1.807, 2.05) is 17.9 Å². The Hall–Kier alpha value is -3.07. The summed E-state index contributed by atoms with van der Waals surface area (Å²) in [6, 6.07) is 8.00. The van der Waals surface area contributed by atoms with Crippen LogP contribution in [-0.4, -0.2) is 50.6 Å². The Morgan fingerprint density at radius 2 is 2.03 bits per heavy atom. The summed E-state index contributed by atoms with van der Waals surface area (Å²) in [6.45, 7) is 9.06. The molecular weight excluding hydrogens is 465 g/mol. The minimum absolute atomic E-state index is 0.0888. The second-order valence-corrected chi connectivity index (χ2v) is 11.8. The zero-order chi connectivity index (χ0) is 25.1. The summed E-state index contributed by atoms with van der Waals surface area (Å²) >= 11 is 1.39. The molecule has 0 radical (unpaired) electrons. The summed E-state index contributed by atoms with van der Waals surface area (Å²) in [5.41, 5.74) is 2.21. The summed E-state index contributed by atoms with van der Waals surface area (Å²) in [5, 5.41) is 8.29. The highest BCUT2D eigenvalue weighted by Crippen LogP contribution is 2.50. The second kappa shape index (κ2) is 8.55. The van der Waals surface area contributed by atoms with E-state index in [2.05, 4.69) is 36.2 Å². The molecule has 1 aromatic carbocycles. The van der Waals surface area contributed by atoms with Gasteiger partial charge in [0.25, 0.3) is 11.8 Å². The Labute approximate surface area is 208 Å². The summed E-state index contributed by atoms with van der Waals surface area (Å²) in [7, 11) is 1.77. The Balaban J connectivity index is 1.34. The average Bonchev–Trinajstić information content (AvgIpc) is 3.10. The van der Waals surface area contributed by atoms with Crippen molar-refractivity contribution in [3.63, 3.8) is 0 Å². The first-order valence-corrected chi connectivity index (χ1v) is 12.7. The van der Waals surface area contributed by atoms with Gasteiger partial charge in [-0.05, 0) is 48.9 Å². The SMILES string of the molecule is Cc1nc(C(=O)N2C[C@H]3C[C@H]3[C@H]2CNC(=O)c2cc(C(C)(C)C)nn2C)c(-c2cccc(F)c2)s1. The van der Waals surface area contributed by atoms with Crippen LogP contribution in [0, 0.1) is 24.6 Å². The van der Waals surface area contributed by atoms with Crippen LogP contribution < -0.4 is 5.32 Å². The maximum absolute atomic E-state index is 13.9. The third-order valence-corrected chi connectivity index (χ3v) is 7.96. The molecule has 2 aromatic heterocycles. The molecule has 9 heteroatoms. The number of carbonyl (C=O) groups excluding carboxylic acids is 2. The molecule has 0 spiro atoms. The number of hydrogen-bond donors (Lipinski definition) is 1. The van der Waals surface area contributed by atoms with E-state index in [0.29, 0.717) is 46.8 Å². The predicted molar refractivity (Wildman–Crippen MR) is 133 cm³/mol. The average molecular weight is 496 g/mol. The third-order valence-electron chi connectivity index (χ3n) is 6.94. The van der Waals surface area contributed by atoms with E-state index in [-0.39, 0.29) is 29.1 Å². The molecule has 1 N–H and O–H groups in total. The maximum Gasteiger partial charge on any atom is 0.274 e. The largest absolute Gasteiger partial charge is 0.349 e. The lowest BCUT2D eigenvalue weighted by Gasteiger charge is -2.27. The molecule has 1 saturated heterocycles. The van der Waals surface area contributed by atoms with Crippen LogP contribution in [0.25, 0.3) is 10.4 Å². The summed E-state index contributed by atoms with van der Waals surface area (Å²) in [6.07, 6.45) is 1.07. The Bertz CT molecular complexity index is 1310. The van der Waals surface area contributed by atoms with Crippen molar-refractivity contribution >= 4 is 23.2 Å². The minimum Gasteiger partial charge on any atom is -0.349 e. The fourth-order valence-electron chi connectivity index (χ4n) is 4.93. The van der Waals surface area contributed by atoms with Crippen molar-refractivity contribution in [2.45, 2.75) is 45.6 Å². The highest BCUT2D eigenvalue weighted by molar-refractivity contribution is 7.15. The monoisotopic (exact) mass is 495 g/mol. The van der Waals surface area contributed by atoms with Crippen LogP contribution in [0.5, 0.6) is 0 Å². The number of nitrogens with one attached hydrogen (secondary N) is 1. The third kappa shape index (κ3) is 4.49. The van der Waals surface area contributed by atoms with Gasteiger partial charge in [-0.1, -0.05) is 32.9 Å². The van der Waals surface area contributed by atoms with Crippen molar-refractivity contribution in [3.05, 3.63) is 58.2 Å².